The van der Waals surface area contributed by atoms with Gasteiger partial charge in [-0.15, -0.1) is 0 Å². The largest absolute Gasteiger partial charge is 0.370 e. The van der Waals surface area contributed by atoms with E-state index in [1.807, 2.05) is 41.2 Å². The molecule has 0 radical (unpaired) electrons. The van der Waals surface area contributed by atoms with Crippen molar-refractivity contribution in [1.82, 2.24) is 9.13 Å². The van der Waals surface area contributed by atoms with E-state index in [-0.39, 0.29) is 0 Å². The molecule has 6 heteroatoms. The van der Waals surface area contributed by atoms with Crippen molar-refractivity contribution in [3.05, 3.63) is 46.5 Å². The number of nitrogens with one attached hydrogen (secondary N) is 1. The van der Waals surface area contributed by atoms with Crippen LogP contribution in [0, 0.1) is 4.77 Å². The number of morpholine rings is 1. The van der Waals surface area contributed by atoms with Crippen molar-refractivity contribution < 1.29 is 9.64 Å². The van der Waals surface area contributed by atoms with Crippen LogP contribution in [0.1, 0.15) is 0 Å². The van der Waals surface area contributed by atoms with E-state index < -0.39 is 0 Å². The molecule has 3 rings (SSSR count). The molecule has 2 aromatic rings. The van der Waals surface area contributed by atoms with Crippen LogP contribution in [0.5, 0.6) is 0 Å². The van der Waals surface area contributed by atoms with Gasteiger partial charge in [0.15, 0.2) is 11.4 Å². The second-order valence-electron chi connectivity index (χ2n) is 4.92. The molecule has 1 fully saturated rings. The van der Waals surface area contributed by atoms with Crippen LogP contribution in [-0.4, -0.2) is 35.4 Å². The maximum atomic E-state index is 6.04. The smallest absolute Gasteiger partial charge is 0.188 e. The van der Waals surface area contributed by atoms with Gasteiger partial charge in [0.1, 0.15) is 13.1 Å². The van der Waals surface area contributed by atoms with Crippen LogP contribution < -0.4 is 4.90 Å². The van der Waals surface area contributed by atoms with E-state index in [1.165, 1.54) is 4.90 Å². The van der Waals surface area contributed by atoms with Crippen molar-refractivity contribution in [2.24, 2.45) is 0 Å². The van der Waals surface area contributed by atoms with E-state index in [4.69, 9.17) is 28.6 Å². The predicted octanol–water partition coefficient (Wildman–Crippen LogP) is 1.53. The Balaban J connectivity index is 1.83. The second-order valence-corrected chi connectivity index (χ2v) is 5.72. The monoisotopic (exact) mass is 310 g/mol. The first kappa shape index (κ1) is 13.8. The number of halogens is 1. The summed E-state index contributed by atoms with van der Waals surface area (Å²) in [4.78, 5) is 1.50. The first-order valence-corrected chi connectivity index (χ1v) is 7.48. The third kappa shape index (κ3) is 2.96. The summed E-state index contributed by atoms with van der Waals surface area (Å²) in [7, 11) is 0. The molecule has 1 saturated heterocycles. The molecule has 20 heavy (non-hydrogen) atoms. The summed E-state index contributed by atoms with van der Waals surface area (Å²) in [5.41, 5.74) is 0.998. The summed E-state index contributed by atoms with van der Waals surface area (Å²) in [6, 6.07) is 7.73. The zero-order valence-electron chi connectivity index (χ0n) is 11.1. The lowest BCUT2D eigenvalue weighted by molar-refractivity contribution is -0.930. The number of quaternary nitrogens is 1. The Morgan fingerprint density at radius 1 is 1.25 bits per heavy atom. The van der Waals surface area contributed by atoms with Crippen molar-refractivity contribution in [3.63, 3.8) is 0 Å². The lowest BCUT2D eigenvalue weighted by atomic mass is 10.3. The van der Waals surface area contributed by atoms with Gasteiger partial charge in [0, 0.05) is 23.1 Å². The Kier molecular flexibility index (Phi) is 4.21. The van der Waals surface area contributed by atoms with Gasteiger partial charge in [0.2, 0.25) is 0 Å². The number of hydrogen-bond acceptors (Lipinski definition) is 2. The Hall–Kier alpha value is -1.14. The summed E-state index contributed by atoms with van der Waals surface area (Å²) in [6.07, 6.45) is 4.03. The molecule has 106 valence electrons. The highest BCUT2D eigenvalue weighted by Gasteiger charge is 2.15. The quantitative estimate of drug-likeness (QED) is 0.869. The van der Waals surface area contributed by atoms with E-state index in [0.717, 1.165) is 48.5 Å². The molecule has 0 aliphatic carbocycles. The molecule has 0 amide bonds. The van der Waals surface area contributed by atoms with Crippen molar-refractivity contribution >= 4 is 23.8 Å². The molecular formula is C14H17ClN3OS+. The van der Waals surface area contributed by atoms with Crippen LogP contribution >= 0.6 is 23.8 Å². The fourth-order valence-corrected chi connectivity index (χ4v) is 2.89. The Morgan fingerprint density at radius 3 is 2.80 bits per heavy atom. The number of benzene rings is 1. The molecule has 0 atom stereocenters. The van der Waals surface area contributed by atoms with E-state index >= 15 is 0 Å². The van der Waals surface area contributed by atoms with Gasteiger partial charge in [-0.2, -0.15) is 0 Å². The number of nitrogens with zero attached hydrogens (tertiary/aromatic N) is 2. The number of imidazole rings is 1. The van der Waals surface area contributed by atoms with E-state index in [2.05, 4.69) is 4.57 Å². The minimum absolute atomic E-state index is 0.718. The maximum Gasteiger partial charge on any atom is 0.188 e. The molecular weight excluding hydrogens is 294 g/mol. The van der Waals surface area contributed by atoms with Crippen LogP contribution in [0.4, 0.5) is 0 Å². The topological polar surface area (TPSA) is 23.5 Å². The standard InChI is InChI=1S/C14H16ClN3OS/c15-12-2-1-3-13(10-12)18-5-4-17(14(18)20)11-16-6-8-19-9-7-16/h1-5,10H,6-9,11H2/p+1. The number of aromatic nitrogens is 2. The summed E-state index contributed by atoms with van der Waals surface area (Å²) < 4.78 is 10.3. The molecule has 1 aliphatic rings. The highest BCUT2D eigenvalue weighted by molar-refractivity contribution is 7.71. The summed E-state index contributed by atoms with van der Waals surface area (Å²) in [5.74, 6) is 0. The van der Waals surface area contributed by atoms with Crippen LogP contribution in [0.2, 0.25) is 5.02 Å². The minimum atomic E-state index is 0.718. The zero-order valence-corrected chi connectivity index (χ0v) is 12.7. The third-order valence-corrected chi connectivity index (χ3v) is 4.19. The summed E-state index contributed by atoms with van der Waals surface area (Å²) in [6.45, 7) is 4.61. The van der Waals surface area contributed by atoms with Gasteiger partial charge in [-0.1, -0.05) is 17.7 Å². The molecule has 1 aliphatic heterocycles. The van der Waals surface area contributed by atoms with Gasteiger partial charge >= 0.3 is 0 Å². The Morgan fingerprint density at radius 2 is 2.05 bits per heavy atom. The highest BCUT2D eigenvalue weighted by atomic mass is 35.5. The van der Waals surface area contributed by atoms with Crippen LogP contribution in [0.3, 0.4) is 0 Å². The summed E-state index contributed by atoms with van der Waals surface area (Å²) >= 11 is 11.6. The van der Waals surface area contributed by atoms with Crippen LogP contribution in [-0.2, 0) is 11.4 Å². The lowest BCUT2D eigenvalue weighted by Crippen LogP contribution is -3.13. The average Bonchev–Trinajstić information content (AvgIpc) is 2.81. The van der Waals surface area contributed by atoms with E-state index in [1.54, 1.807) is 0 Å². The third-order valence-electron chi connectivity index (χ3n) is 3.53. The molecule has 1 aromatic heterocycles. The fraction of sp³-hybridized carbons (Fsp3) is 0.357. The van der Waals surface area contributed by atoms with Gasteiger partial charge in [-0.05, 0) is 30.4 Å². The van der Waals surface area contributed by atoms with E-state index in [9.17, 15) is 0 Å². The van der Waals surface area contributed by atoms with Crippen molar-refractivity contribution in [3.8, 4) is 5.69 Å². The molecule has 0 unspecified atom stereocenters. The Bertz CT molecular complexity index is 646. The molecule has 1 N–H and O–H groups in total. The molecule has 4 nitrogen and oxygen atoms in total. The number of rotatable bonds is 3. The highest BCUT2D eigenvalue weighted by Crippen LogP contribution is 2.15. The zero-order chi connectivity index (χ0) is 13.9. The maximum absolute atomic E-state index is 6.04. The molecule has 0 spiro atoms. The van der Waals surface area contributed by atoms with Crippen LogP contribution in [0.15, 0.2) is 36.7 Å². The van der Waals surface area contributed by atoms with Gasteiger partial charge in [0.25, 0.3) is 0 Å². The van der Waals surface area contributed by atoms with Crippen molar-refractivity contribution in [2.45, 2.75) is 6.67 Å². The normalized spacial score (nSPS) is 16.4. The van der Waals surface area contributed by atoms with Crippen LogP contribution in [0.25, 0.3) is 5.69 Å². The second kappa shape index (κ2) is 6.10. The fourth-order valence-electron chi connectivity index (χ4n) is 2.41. The minimum Gasteiger partial charge on any atom is -0.370 e. The number of ether oxygens (including phenoxy) is 1. The van der Waals surface area contributed by atoms with Gasteiger partial charge < -0.3 is 9.64 Å². The first-order chi connectivity index (χ1) is 9.74. The number of hydrogen-bond donors (Lipinski definition) is 1. The van der Waals surface area contributed by atoms with Gasteiger partial charge in [-0.25, -0.2) is 0 Å². The Labute approximate surface area is 128 Å². The lowest BCUT2D eigenvalue weighted by Gasteiger charge is -2.23. The van der Waals surface area contributed by atoms with Gasteiger partial charge in [0.05, 0.1) is 13.2 Å². The van der Waals surface area contributed by atoms with Crippen molar-refractivity contribution in [2.75, 3.05) is 26.3 Å². The first-order valence-electron chi connectivity index (χ1n) is 6.69. The molecule has 0 bridgehead atoms. The van der Waals surface area contributed by atoms with Gasteiger partial charge in [-0.3, -0.25) is 9.13 Å². The predicted molar refractivity (Wildman–Crippen MR) is 81.1 cm³/mol. The molecule has 0 saturated carbocycles. The SMILES string of the molecule is S=c1n(C[NH+]2CCOCC2)ccn1-c1cccc(Cl)c1. The van der Waals surface area contributed by atoms with E-state index in [0.29, 0.717) is 0 Å². The molecule has 1 aromatic carbocycles. The molecule has 2 heterocycles. The summed E-state index contributed by atoms with van der Waals surface area (Å²) in [5, 5.41) is 0.718. The average molecular weight is 311 g/mol. The van der Waals surface area contributed by atoms with Crippen molar-refractivity contribution in [1.29, 1.82) is 0 Å².